The molecule has 2 rings (SSSR count). The molecule has 0 radical (unpaired) electrons. The minimum atomic E-state index is 1.22. The Balaban J connectivity index is 2.87. The number of aromatic amines is 1. The summed E-state index contributed by atoms with van der Waals surface area (Å²) in [5, 5.41) is 1.32. The molecule has 0 aliphatic carbocycles. The second kappa shape index (κ2) is 2.52. The first kappa shape index (κ1) is 7.16. The first-order chi connectivity index (χ1) is 5.27. The third-order valence-electron chi connectivity index (χ3n) is 1.79. The fourth-order valence-corrected chi connectivity index (χ4v) is 1.80. The minimum absolute atomic E-state index is 1.22. The topological polar surface area (TPSA) is 15.8 Å². The van der Waals surface area contributed by atoms with Gasteiger partial charge in [0.05, 0.1) is 0 Å². The van der Waals surface area contributed by atoms with Gasteiger partial charge in [-0.25, -0.2) is 0 Å². The van der Waals surface area contributed by atoms with Crippen molar-refractivity contribution in [3.63, 3.8) is 0 Å². The van der Waals surface area contributed by atoms with Crippen LogP contribution in [0.25, 0.3) is 10.9 Å². The molecule has 11 heavy (non-hydrogen) atoms. The van der Waals surface area contributed by atoms with Crippen LogP contribution in [0.15, 0.2) is 24.4 Å². The summed E-state index contributed by atoms with van der Waals surface area (Å²) in [5.41, 5.74) is 2.54. The maximum atomic E-state index is 3.21. The number of H-pyrrole nitrogens is 1. The van der Waals surface area contributed by atoms with E-state index in [2.05, 4.69) is 52.7 Å². The van der Waals surface area contributed by atoms with Gasteiger partial charge in [-0.2, -0.15) is 0 Å². The molecular formula is C9H8IN. The Morgan fingerprint density at radius 3 is 3.00 bits per heavy atom. The van der Waals surface area contributed by atoms with Gasteiger partial charge in [0.1, 0.15) is 0 Å². The van der Waals surface area contributed by atoms with Crippen LogP contribution in [-0.4, -0.2) is 4.98 Å². The molecular weight excluding hydrogens is 249 g/mol. The predicted octanol–water partition coefficient (Wildman–Crippen LogP) is 3.08. The highest BCUT2D eigenvalue weighted by Gasteiger charge is 1.98. The third-order valence-corrected chi connectivity index (χ3v) is 2.68. The largest absolute Gasteiger partial charge is 0.360 e. The lowest BCUT2D eigenvalue weighted by Gasteiger charge is -1.92. The van der Waals surface area contributed by atoms with E-state index in [1.165, 1.54) is 20.0 Å². The van der Waals surface area contributed by atoms with Gasteiger partial charge in [-0.3, -0.25) is 0 Å². The van der Waals surface area contributed by atoms with Crippen molar-refractivity contribution in [3.05, 3.63) is 33.5 Å². The zero-order valence-corrected chi connectivity index (χ0v) is 8.34. The van der Waals surface area contributed by atoms with Crippen molar-refractivity contribution < 1.29 is 0 Å². The Morgan fingerprint density at radius 2 is 2.18 bits per heavy atom. The lowest BCUT2D eigenvalue weighted by Crippen LogP contribution is -1.71. The molecule has 0 fully saturated rings. The van der Waals surface area contributed by atoms with Crippen molar-refractivity contribution in [2.24, 2.45) is 0 Å². The molecule has 0 aliphatic rings. The molecule has 0 amide bonds. The standard InChI is InChI=1S/C9H8IN/c1-6-2-3-9-7(4-6)8(10)5-11-9/h2-5,11H,1H3. The van der Waals surface area contributed by atoms with Gasteiger partial charge in [-0.1, -0.05) is 11.6 Å². The fraction of sp³-hybridized carbons (Fsp3) is 0.111. The average molecular weight is 257 g/mol. The van der Waals surface area contributed by atoms with Crippen LogP contribution in [0.4, 0.5) is 0 Å². The maximum Gasteiger partial charge on any atom is 0.0465 e. The highest BCUT2D eigenvalue weighted by atomic mass is 127. The van der Waals surface area contributed by atoms with Gasteiger partial charge >= 0.3 is 0 Å². The number of rotatable bonds is 0. The lowest BCUT2D eigenvalue weighted by molar-refractivity contribution is 1.45. The third kappa shape index (κ3) is 1.15. The van der Waals surface area contributed by atoms with E-state index in [4.69, 9.17) is 0 Å². The summed E-state index contributed by atoms with van der Waals surface area (Å²) in [6, 6.07) is 6.44. The minimum Gasteiger partial charge on any atom is -0.360 e. The zero-order chi connectivity index (χ0) is 7.84. The summed E-state index contributed by atoms with van der Waals surface area (Å²) in [7, 11) is 0. The second-order valence-corrected chi connectivity index (χ2v) is 3.85. The van der Waals surface area contributed by atoms with E-state index >= 15 is 0 Å². The highest BCUT2D eigenvalue weighted by molar-refractivity contribution is 14.1. The molecule has 0 spiro atoms. The molecule has 1 aromatic heterocycles. The number of hydrogen-bond acceptors (Lipinski definition) is 0. The summed E-state index contributed by atoms with van der Waals surface area (Å²) < 4.78 is 1.29. The van der Waals surface area contributed by atoms with E-state index in [9.17, 15) is 0 Å². The van der Waals surface area contributed by atoms with Gasteiger partial charge in [0.25, 0.3) is 0 Å². The highest BCUT2D eigenvalue weighted by Crippen LogP contribution is 2.20. The molecule has 1 heterocycles. The van der Waals surface area contributed by atoms with E-state index in [1.54, 1.807) is 0 Å². The van der Waals surface area contributed by atoms with Crippen molar-refractivity contribution in [2.45, 2.75) is 6.92 Å². The summed E-state index contributed by atoms with van der Waals surface area (Å²) >= 11 is 2.34. The second-order valence-electron chi connectivity index (χ2n) is 2.69. The monoisotopic (exact) mass is 257 g/mol. The molecule has 2 heteroatoms. The van der Waals surface area contributed by atoms with Crippen molar-refractivity contribution >= 4 is 33.5 Å². The molecule has 0 saturated carbocycles. The van der Waals surface area contributed by atoms with Gasteiger partial charge in [0.15, 0.2) is 0 Å². The van der Waals surface area contributed by atoms with Crippen molar-refractivity contribution in [1.29, 1.82) is 0 Å². The average Bonchev–Trinajstić information content (AvgIpc) is 2.33. The fourth-order valence-electron chi connectivity index (χ4n) is 1.20. The van der Waals surface area contributed by atoms with Crippen LogP contribution < -0.4 is 0 Å². The Hall–Kier alpha value is -0.510. The van der Waals surface area contributed by atoms with Gasteiger partial charge in [-0.15, -0.1) is 0 Å². The van der Waals surface area contributed by atoms with Crippen molar-refractivity contribution in [3.8, 4) is 0 Å². The Kier molecular flexibility index (Phi) is 1.64. The first-order valence-corrected chi connectivity index (χ1v) is 4.58. The number of fused-ring (bicyclic) bond motifs is 1. The summed E-state index contributed by atoms with van der Waals surface area (Å²) in [6.07, 6.45) is 2.03. The SMILES string of the molecule is Cc1ccc2[nH]cc(I)c2c1. The van der Waals surface area contributed by atoms with Crippen LogP contribution in [-0.2, 0) is 0 Å². The van der Waals surface area contributed by atoms with Gasteiger partial charge < -0.3 is 4.98 Å². The van der Waals surface area contributed by atoms with Gasteiger partial charge in [0, 0.05) is 20.7 Å². The van der Waals surface area contributed by atoms with Gasteiger partial charge in [-0.05, 0) is 41.6 Å². The van der Waals surface area contributed by atoms with E-state index in [1.807, 2.05) is 6.20 Å². The van der Waals surface area contributed by atoms with E-state index in [-0.39, 0.29) is 0 Å². The van der Waals surface area contributed by atoms with Crippen molar-refractivity contribution in [2.75, 3.05) is 0 Å². The molecule has 2 aromatic rings. The van der Waals surface area contributed by atoms with E-state index < -0.39 is 0 Å². The molecule has 56 valence electrons. The molecule has 0 atom stereocenters. The summed E-state index contributed by atoms with van der Waals surface area (Å²) in [5.74, 6) is 0. The van der Waals surface area contributed by atoms with Crippen LogP contribution in [0.2, 0.25) is 0 Å². The quantitative estimate of drug-likeness (QED) is 0.698. The molecule has 0 unspecified atom stereocenters. The lowest BCUT2D eigenvalue weighted by atomic mass is 10.2. The van der Waals surface area contributed by atoms with Crippen LogP contribution in [0.3, 0.4) is 0 Å². The molecule has 1 aromatic carbocycles. The van der Waals surface area contributed by atoms with E-state index in [0.29, 0.717) is 0 Å². The van der Waals surface area contributed by atoms with Gasteiger partial charge in [0.2, 0.25) is 0 Å². The van der Waals surface area contributed by atoms with E-state index in [0.717, 1.165) is 0 Å². The Bertz CT molecular complexity index is 389. The molecule has 1 nitrogen and oxygen atoms in total. The van der Waals surface area contributed by atoms with Crippen LogP contribution in [0.1, 0.15) is 5.56 Å². The first-order valence-electron chi connectivity index (χ1n) is 3.50. The van der Waals surface area contributed by atoms with Crippen LogP contribution >= 0.6 is 22.6 Å². The maximum absolute atomic E-state index is 3.21. The van der Waals surface area contributed by atoms with Crippen LogP contribution in [0.5, 0.6) is 0 Å². The normalized spacial score (nSPS) is 10.7. The number of aromatic nitrogens is 1. The smallest absolute Gasteiger partial charge is 0.0465 e. The molecule has 1 N–H and O–H groups in total. The number of halogens is 1. The molecule has 0 saturated heterocycles. The summed E-state index contributed by atoms with van der Waals surface area (Å²) in [4.78, 5) is 3.21. The zero-order valence-electron chi connectivity index (χ0n) is 6.19. The molecule has 0 bridgehead atoms. The predicted molar refractivity (Wildman–Crippen MR) is 55.8 cm³/mol. The Morgan fingerprint density at radius 1 is 1.36 bits per heavy atom. The summed E-state index contributed by atoms with van der Waals surface area (Å²) in [6.45, 7) is 2.11. The number of nitrogens with one attached hydrogen (secondary N) is 1. The van der Waals surface area contributed by atoms with Crippen LogP contribution in [0, 0.1) is 10.5 Å². The number of benzene rings is 1. The molecule has 0 aliphatic heterocycles. The number of hydrogen-bond donors (Lipinski definition) is 1. The number of aryl methyl sites for hydroxylation is 1. The Labute approximate surface area is 78.9 Å². The van der Waals surface area contributed by atoms with Crippen molar-refractivity contribution in [1.82, 2.24) is 4.98 Å².